The summed E-state index contributed by atoms with van der Waals surface area (Å²) < 4.78 is 3.26. The van der Waals surface area contributed by atoms with Gasteiger partial charge in [-0.3, -0.25) is 0 Å². The zero-order valence-corrected chi connectivity index (χ0v) is 13.2. The number of thiophene rings is 1. The van der Waals surface area contributed by atoms with Crippen LogP contribution in [0.3, 0.4) is 0 Å². The number of carboxylic acid groups (broad SMARTS) is 1. The molecule has 2 aromatic heterocycles. The summed E-state index contributed by atoms with van der Waals surface area (Å²) in [5.41, 5.74) is 2.03. The van der Waals surface area contributed by atoms with E-state index in [1.165, 1.54) is 9.09 Å². The highest BCUT2D eigenvalue weighted by Crippen LogP contribution is 2.35. The Labute approximate surface area is 130 Å². The summed E-state index contributed by atoms with van der Waals surface area (Å²) in [5.74, 6) is -0.943. The fourth-order valence-corrected chi connectivity index (χ4v) is 4.28. The van der Waals surface area contributed by atoms with Crippen molar-refractivity contribution >= 4 is 45.8 Å². The first-order valence-electron chi connectivity index (χ1n) is 6.38. The summed E-state index contributed by atoms with van der Waals surface area (Å²) in [6, 6.07) is 11.7. The van der Waals surface area contributed by atoms with Gasteiger partial charge in [0.15, 0.2) is 0 Å². The van der Waals surface area contributed by atoms with Crippen LogP contribution in [-0.4, -0.2) is 23.1 Å². The molecular weight excluding hydrogens is 304 g/mol. The van der Waals surface area contributed by atoms with E-state index in [1.54, 1.807) is 29.4 Å². The molecule has 2 heterocycles. The number of hydrogen-bond donors (Lipinski definition) is 2. The molecule has 3 aromatic rings. The summed E-state index contributed by atoms with van der Waals surface area (Å²) in [5, 5.41) is 10.0. The zero-order chi connectivity index (χ0) is 15.0. The fraction of sp³-hybridized carbons (Fsp3) is 0.133. The molecule has 1 aromatic carbocycles. The van der Waals surface area contributed by atoms with Gasteiger partial charge in [-0.2, -0.15) is 0 Å². The van der Waals surface area contributed by atoms with Gasteiger partial charge in [0.1, 0.15) is 5.69 Å². The number of nitrogens with zero attached hydrogens (tertiary/aromatic N) is 1. The van der Waals surface area contributed by atoms with Crippen LogP contribution < -0.4 is 4.31 Å². The molecule has 0 saturated heterocycles. The van der Waals surface area contributed by atoms with Crippen LogP contribution in [0.2, 0.25) is 0 Å². The van der Waals surface area contributed by atoms with Crippen LogP contribution in [0.5, 0.6) is 0 Å². The van der Waals surface area contributed by atoms with Gasteiger partial charge in [0, 0.05) is 17.3 Å². The van der Waals surface area contributed by atoms with Crippen LogP contribution in [0.25, 0.3) is 10.9 Å². The molecule has 2 N–H and O–H groups in total. The third-order valence-electron chi connectivity index (χ3n) is 3.15. The van der Waals surface area contributed by atoms with Crippen LogP contribution in [0.15, 0.2) is 40.6 Å². The van der Waals surface area contributed by atoms with E-state index >= 15 is 0 Å². The molecular formula is C15H14N2O2S2. The molecule has 0 aliphatic rings. The molecule has 6 heteroatoms. The highest BCUT2D eigenvalue weighted by atomic mass is 32.2. The monoisotopic (exact) mass is 318 g/mol. The number of aromatic carboxylic acids is 1. The number of carboxylic acids is 1. The standard InChI is InChI=1S/C15H14N2O2S2/c1-9-6-7-13(20-9)21-17(2)12-5-3-4-10-8-11(15(18)19)16-14(10)12/h3-8,16H,1-2H3,(H,18,19). The van der Waals surface area contributed by atoms with E-state index in [0.29, 0.717) is 0 Å². The Kier molecular flexibility index (Phi) is 3.65. The minimum Gasteiger partial charge on any atom is -0.477 e. The molecule has 0 spiro atoms. The lowest BCUT2D eigenvalue weighted by molar-refractivity contribution is 0.0691. The fourth-order valence-electron chi connectivity index (χ4n) is 2.16. The Morgan fingerprint density at radius 2 is 2.14 bits per heavy atom. The van der Waals surface area contributed by atoms with Gasteiger partial charge in [-0.25, -0.2) is 4.79 Å². The van der Waals surface area contributed by atoms with Gasteiger partial charge < -0.3 is 14.4 Å². The van der Waals surface area contributed by atoms with Crippen molar-refractivity contribution in [2.24, 2.45) is 0 Å². The van der Waals surface area contributed by atoms with Crippen molar-refractivity contribution in [3.8, 4) is 0 Å². The van der Waals surface area contributed by atoms with E-state index in [-0.39, 0.29) is 5.69 Å². The van der Waals surface area contributed by atoms with Crippen molar-refractivity contribution in [3.05, 3.63) is 47.0 Å². The topological polar surface area (TPSA) is 56.3 Å². The molecule has 0 radical (unpaired) electrons. The van der Waals surface area contributed by atoms with Gasteiger partial charge in [-0.15, -0.1) is 11.3 Å². The van der Waals surface area contributed by atoms with Gasteiger partial charge in [-0.1, -0.05) is 12.1 Å². The van der Waals surface area contributed by atoms with Crippen LogP contribution in [0.4, 0.5) is 5.69 Å². The van der Waals surface area contributed by atoms with Gasteiger partial charge in [0.2, 0.25) is 0 Å². The van der Waals surface area contributed by atoms with E-state index in [1.807, 2.05) is 25.2 Å². The third kappa shape index (κ3) is 2.77. The van der Waals surface area contributed by atoms with E-state index in [9.17, 15) is 4.79 Å². The largest absolute Gasteiger partial charge is 0.477 e. The van der Waals surface area contributed by atoms with Crippen molar-refractivity contribution in [1.29, 1.82) is 0 Å². The number of benzene rings is 1. The minimum absolute atomic E-state index is 0.211. The lowest BCUT2D eigenvalue weighted by atomic mass is 10.2. The van der Waals surface area contributed by atoms with Crippen LogP contribution >= 0.6 is 23.3 Å². The van der Waals surface area contributed by atoms with Gasteiger partial charge in [0.05, 0.1) is 15.4 Å². The third-order valence-corrected chi connectivity index (χ3v) is 5.20. The minimum atomic E-state index is -0.943. The zero-order valence-electron chi connectivity index (χ0n) is 11.6. The molecule has 0 unspecified atom stereocenters. The number of anilines is 1. The second-order valence-corrected chi connectivity index (χ2v) is 7.40. The smallest absolute Gasteiger partial charge is 0.352 e. The number of hydrogen-bond acceptors (Lipinski definition) is 4. The molecule has 0 aliphatic carbocycles. The number of nitrogens with one attached hydrogen (secondary N) is 1. The summed E-state index contributed by atoms with van der Waals surface area (Å²) in [6.45, 7) is 2.08. The Morgan fingerprint density at radius 3 is 2.81 bits per heavy atom. The first-order valence-corrected chi connectivity index (χ1v) is 7.97. The Morgan fingerprint density at radius 1 is 1.33 bits per heavy atom. The molecule has 0 amide bonds. The molecule has 108 valence electrons. The lowest BCUT2D eigenvalue weighted by Gasteiger charge is -2.17. The normalized spacial score (nSPS) is 11.0. The maximum Gasteiger partial charge on any atom is 0.352 e. The number of para-hydroxylation sites is 1. The molecule has 0 saturated carbocycles. The predicted molar refractivity (Wildman–Crippen MR) is 88.6 cm³/mol. The number of carbonyl (C=O) groups is 1. The number of rotatable bonds is 4. The van der Waals surface area contributed by atoms with Crippen molar-refractivity contribution in [3.63, 3.8) is 0 Å². The summed E-state index contributed by atoms with van der Waals surface area (Å²) in [6.07, 6.45) is 0. The van der Waals surface area contributed by atoms with Gasteiger partial charge in [0.25, 0.3) is 0 Å². The summed E-state index contributed by atoms with van der Waals surface area (Å²) in [7, 11) is 1.98. The van der Waals surface area contributed by atoms with Crippen LogP contribution in [0, 0.1) is 6.92 Å². The average molecular weight is 318 g/mol. The SMILES string of the molecule is Cc1ccc(SN(C)c2cccc3cc(C(=O)O)[nH]c23)s1. The molecule has 21 heavy (non-hydrogen) atoms. The second-order valence-electron chi connectivity index (χ2n) is 4.68. The molecule has 0 aliphatic heterocycles. The lowest BCUT2D eigenvalue weighted by Crippen LogP contribution is -2.06. The first kappa shape index (κ1) is 14.0. The first-order chi connectivity index (χ1) is 10.0. The van der Waals surface area contributed by atoms with Crippen LogP contribution in [0.1, 0.15) is 15.4 Å². The maximum absolute atomic E-state index is 11.1. The Hall–Kier alpha value is -1.92. The van der Waals surface area contributed by atoms with Gasteiger partial charge in [-0.05, 0) is 43.1 Å². The van der Waals surface area contributed by atoms with E-state index in [4.69, 9.17) is 5.11 Å². The molecule has 0 bridgehead atoms. The van der Waals surface area contributed by atoms with Gasteiger partial charge >= 0.3 is 5.97 Å². The average Bonchev–Trinajstić information content (AvgIpc) is 3.04. The molecule has 0 atom stereocenters. The molecule has 3 rings (SSSR count). The highest BCUT2D eigenvalue weighted by Gasteiger charge is 2.13. The van der Waals surface area contributed by atoms with Crippen molar-refractivity contribution in [1.82, 2.24) is 4.98 Å². The van der Waals surface area contributed by atoms with Crippen molar-refractivity contribution in [2.45, 2.75) is 11.1 Å². The molecule has 0 fully saturated rings. The molecule has 4 nitrogen and oxygen atoms in total. The number of aryl methyl sites for hydroxylation is 1. The summed E-state index contributed by atoms with van der Waals surface area (Å²) >= 11 is 3.38. The number of aromatic amines is 1. The predicted octanol–water partition coefficient (Wildman–Crippen LogP) is 4.38. The number of aromatic nitrogens is 1. The Balaban J connectivity index is 1.97. The second kappa shape index (κ2) is 5.46. The van der Waals surface area contributed by atoms with E-state index in [2.05, 4.69) is 28.3 Å². The van der Waals surface area contributed by atoms with Crippen LogP contribution in [-0.2, 0) is 0 Å². The van der Waals surface area contributed by atoms with E-state index in [0.717, 1.165) is 16.6 Å². The summed E-state index contributed by atoms with van der Waals surface area (Å²) in [4.78, 5) is 15.4. The van der Waals surface area contributed by atoms with E-state index < -0.39 is 5.97 Å². The maximum atomic E-state index is 11.1. The number of fused-ring (bicyclic) bond motifs is 1. The number of H-pyrrole nitrogens is 1. The Bertz CT molecular complexity index is 807. The van der Waals surface area contributed by atoms with Crippen molar-refractivity contribution in [2.75, 3.05) is 11.4 Å². The quantitative estimate of drug-likeness (QED) is 0.701. The van der Waals surface area contributed by atoms with Crippen molar-refractivity contribution < 1.29 is 9.90 Å². The highest BCUT2D eigenvalue weighted by molar-refractivity contribution is 8.02.